The molecular weight excluding hydrogens is 360 g/mol. The maximum Gasteiger partial charge on any atom is 0.267 e. The summed E-state index contributed by atoms with van der Waals surface area (Å²) in [7, 11) is -1.06. The van der Waals surface area contributed by atoms with Crippen LogP contribution >= 0.6 is 11.6 Å². The SMILES string of the molecule is CS(=O)c1ccc(/C(=C\[C@H]2CCC(=O)N2)c2ccc(Cl)c(=O)[nH]2)cc1. The van der Waals surface area contributed by atoms with Gasteiger partial charge in [0.1, 0.15) is 5.02 Å². The first-order valence-electron chi connectivity index (χ1n) is 7.78. The Bertz CT molecular complexity index is 919. The smallest absolute Gasteiger partial charge is 0.267 e. The zero-order valence-electron chi connectivity index (χ0n) is 13.5. The molecule has 1 amide bonds. The number of nitrogens with one attached hydrogen (secondary N) is 2. The van der Waals surface area contributed by atoms with Crippen molar-refractivity contribution in [1.29, 1.82) is 0 Å². The highest BCUT2D eigenvalue weighted by Gasteiger charge is 2.20. The Morgan fingerprint density at radius 2 is 1.92 bits per heavy atom. The largest absolute Gasteiger partial charge is 0.350 e. The van der Waals surface area contributed by atoms with Gasteiger partial charge in [0.15, 0.2) is 0 Å². The van der Waals surface area contributed by atoms with Gasteiger partial charge in [0.2, 0.25) is 5.91 Å². The maximum absolute atomic E-state index is 11.9. The average Bonchev–Trinajstić information content (AvgIpc) is 3.00. The number of hydrogen-bond acceptors (Lipinski definition) is 3. The molecule has 25 heavy (non-hydrogen) atoms. The van der Waals surface area contributed by atoms with Crippen molar-refractivity contribution in [3.63, 3.8) is 0 Å². The third-order valence-electron chi connectivity index (χ3n) is 4.05. The van der Waals surface area contributed by atoms with E-state index in [1.165, 1.54) is 0 Å². The van der Waals surface area contributed by atoms with E-state index in [0.29, 0.717) is 18.5 Å². The van der Waals surface area contributed by atoms with E-state index in [4.69, 9.17) is 11.6 Å². The summed E-state index contributed by atoms with van der Waals surface area (Å²) in [4.78, 5) is 26.9. The topological polar surface area (TPSA) is 79.0 Å². The second kappa shape index (κ2) is 7.37. The zero-order valence-corrected chi connectivity index (χ0v) is 15.1. The monoisotopic (exact) mass is 376 g/mol. The number of aromatic nitrogens is 1. The van der Waals surface area contributed by atoms with Crippen molar-refractivity contribution in [3.8, 4) is 0 Å². The predicted molar refractivity (Wildman–Crippen MR) is 99.1 cm³/mol. The Kier molecular flexibility index (Phi) is 5.20. The van der Waals surface area contributed by atoms with E-state index in [-0.39, 0.29) is 22.5 Å². The molecule has 1 unspecified atom stereocenters. The van der Waals surface area contributed by atoms with Crippen LogP contribution in [0.1, 0.15) is 24.1 Å². The van der Waals surface area contributed by atoms with Gasteiger partial charge < -0.3 is 10.3 Å². The molecule has 1 aromatic heterocycles. The molecule has 0 aliphatic carbocycles. The lowest BCUT2D eigenvalue weighted by molar-refractivity contribution is -0.119. The third kappa shape index (κ3) is 4.08. The molecule has 1 aromatic carbocycles. The number of carbonyl (C=O) groups is 1. The summed E-state index contributed by atoms with van der Waals surface area (Å²) in [5.74, 6) is 0.0157. The molecule has 0 bridgehead atoms. The summed E-state index contributed by atoms with van der Waals surface area (Å²) >= 11 is 5.82. The summed E-state index contributed by atoms with van der Waals surface area (Å²) in [6.07, 6.45) is 4.75. The van der Waals surface area contributed by atoms with Crippen LogP contribution in [0.5, 0.6) is 0 Å². The van der Waals surface area contributed by atoms with Crippen LogP contribution in [0.2, 0.25) is 5.02 Å². The van der Waals surface area contributed by atoms with Crippen LogP contribution in [0.15, 0.2) is 52.2 Å². The normalized spacial score (nSPS) is 18.9. The number of H-pyrrole nitrogens is 1. The second-order valence-corrected chi connectivity index (χ2v) is 7.61. The second-order valence-electron chi connectivity index (χ2n) is 5.82. The van der Waals surface area contributed by atoms with Crippen molar-refractivity contribution in [2.75, 3.05) is 6.26 Å². The summed E-state index contributed by atoms with van der Waals surface area (Å²) in [5.41, 5.74) is 1.88. The molecule has 3 rings (SSSR count). The molecule has 0 saturated carbocycles. The van der Waals surface area contributed by atoms with Crippen molar-refractivity contribution in [3.05, 3.63) is 69.1 Å². The molecule has 2 aromatic rings. The summed E-state index contributed by atoms with van der Waals surface area (Å²) in [6.45, 7) is 0. The number of amides is 1. The number of halogens is 1. The molecule has 0 radical (unpaired) electrons. The van der Waals surface area contributed by atoms with Crippen molar-refractivity contribution >= 4 is 33.9 Å². The average molecular weight is 377 g/mol. The minimum Gasteiger partial charge on any atom is -0.350 e. The molecule has 2 atom stereocenters. The van der Waals surface area contributed by atoms with Crippen LogP contribution in [-0.2, 0) is 15.6 Å². The van der Waals surface area contributed by atoms with Gasteiger partial charge in [-0.25, -0.2) is 0 Å². The number of hydrogen-bond donors (Lipinski definition) is 2. The number of pyridine rings is 1. The van der Waals surface area contributed by atoms with Crippen molar-refractivity contribution < 1.29 is 9.00 Å². The van der Waals surface area contributed by atoms with Gasteiger partial charge in [0.05, 0.1) is 0 Å². The molecule has 2 N–H and O–H groups in total. The van der Waals surface area contributed by atoms with E-state index in [1.54, 1.807) is 30.5 Å². The highest BCUT2D eigenvalue weighted by Crippen LogP contribution is 2.25. The highest BCUT2D eigenvalue weighted by molar-refractivity contribution is 7.84. The van der Waals surface area contributed by atoms with Gasteiger partial charge in [-0.3, -0.25) is 13.8 Å². The first kappa shape index (κ1) is 17.6. The Balaban J connectivity index is 2.06. The highest BCUT2D eigenvalue weighted by atomic mass is 35.5. The molecular formula is C18H17ClN2O3S. The van der Waals surface area contributed by atoms with E-state index in [1.807, 2.05) is 18.2 Å². The fourth-order valence-electron chi connectivity index (χ4n) is 2.74. The third-order valence-corrected chi connectivity index (χ3v) is 5.28. The van der Waals surface area contributed by atoms with Gasteiger partial charge in [-0.15, -0.1) is 0 Å². The Morgan fingerprint density at radius 3 is 2.48 bits per heavy atom. The van der Waals surface area contributed by atoms with Crippen LogP contribution in [0, 0.1) is 0 Å². The molecule has 1 aliphatic rings. The molecule has 7 heteroatoms. The Hall–Kier alpha value is -2.18. The van der Waals surface area contributed by atoms with Crippen molar-refractivity contribution in [2.24, 2.45) is 0 Å². The van der Waals surface area contributed by atoms with E-state index in [0.717, 1.165) is 16.0 Å². The molecule has 1 aliphatic heterocycles. The van der Waals surface area contributed by atoms with Gasteiger partial charge in [-0.1, -0.05) is 29.8 Å². The molecule has 2 heterocycles. The van der Waals surface area contributed by atoms with E-state index < -0.39 is 10.8 Å². The molecule has 5 nitrogen and oxygen atoms in total. The van der Waals surface area contributed by atoms with E-state index in [9.17, 15) is 13.8 Å². The minimum atomic E-state index is -1.06. The van der Waals surface area contributed by atoms with Crippen LogP contribution in [0.25, 0.3) is 5.57 Å². The van der Waals surface area contributed by atoms with Crippen molar-refractivity contribution in [1.82, 2.24) is 10.3 Å². The fourth-order valence-corrected chi connectivity index (χ4v) is 3.37. The van der Waals surface area contributed by atoms with Crippen LogP contribution in [0.4, 0.5) is 0 Å². The van der Waals surface area contributed by atoms with E-state index in [2.05, 4.69) is 10.3 Å². The molecule has 130 valence electrons. The van der Waals surface area contributed by atoms with Crippen LogP contribution < -0.4 is 10.9 Å². The first-order valence-corrected chi connectivity index (χ1v) is 9.72. The van der Waals surface area contributed by atoms with Gasteiger partial charge in [-0.2, -0.15) is 0 Å². The van der Waals surface area contributed by atoms with Crippen molar-refractivity contribution in [2.45, 2.75) is 23.8 Å². The standard InChI is InChI=1S/C18H17ClN2O3S/c1-25(24)13-5-2-11(3-6-13)14(10-12-4-9-17(22)20-12)16-8-7-15(19)18(23)21-16/h2-3,5-8,10,12H,4,9H2,1H3,(H,20,22)(H,21,23)/b14-10+/t12-,25?/m1/s1. The van der Waals surface area contributed by atoms with E-state index >= 15 is 0 Å². The number of carbonyl (C=O) groups excluding carboxylic acids is 1. The molecule has 1 fully saturated rings. The van der Waals surface area contributed by atoms with Gasteiger partial charge in [0, 0.05) is 45.7 Å². The summed E-state index contributed by atoms with van der Waals surface area (Å²) in [5, 5.41) is 3.02. The van der Waals surface area contributed by atoms with Crippen LogP contribution in [0.3, 0.4) is 0 Å². The number of aromatic amines is 1. The fraction of sp³-hybridized carbons (Fsp3) is 0.222. The summed E-state index contributed by atoms with van der Waals surface area (Å²) in [6, 6.07) is 10.5. The Labute approximate surface area is 152 Å². The number of rotatable bonds is 4. The molecule has 1 saturated heterocycles. The lowest BCUT2D eigenvalue weighted by Gasteiger charge is -2.12. The maximum atomic E-state index is 11.9. The van der Waals surface area contributed by atoms with Gasteiger partial charge in [0.25, 0.3) is 5.56 Å². The summed E-state index contributed by atoms with van der Waals surface area (Å²) < 4.78 is 11.6. The van der Waals surface area contributed by atoms with Gasteiger partial charge in [-0.05, 0) is 36.2 Å². The zero-order chi connectivity index (χ0) is 18.0. The quantitative estimate of drug-likeness (QED) is 0.860. The molecule has 0 spiro atoms. The van der Waals surface area contributed by atoms with Gasteiger partial charge >= 0.3 is 0 Å². The predicted octanol–water partition coefficient (Wildman–Crippen LogP) is 2.48. The lowest BCUT2D eigenvalue weighted by Crippen LogP contribution is -2.23. The lowest BCUT2D eigenvalue weighted by atomic mass is 9.99. The first-order chi connectivity index (χ1) is 11.9. The number of benzene rings is 1. The minimum absolute atomic E-state index is 0.0157. The van der Waals surface area contributed by atoms with Crippen LogP contribution in [-0.4, -0.2) is 27.4 Å². The Morgan fingerprint density at radius 1 is 1.20 bits per heavy atom.